The van der Waals surface area contributed by atoms with E-state index in [1.165, 1.54) is 0 Å². The van der Waals surface area contributed by atoms with Gasteiger partial charge in [-0.15, -0.1) is 0 Å². The number of rotatable bonds is 4. The molecule has 2 N–H and O–H groups in total. The SMILES string of the molecule is [2H]C1([2H])C([2H])([2H])C(c2ccc(Cl)cc2)(C(N)CC(C)C)C1([2H])[2H]. The highest BCUT2D eigenvalue weighted by atomic mass is 35.5. The van der Waals surface area contributed by atoms with Crippen molar-refractivity contribution in [2.45, 2.75) is 50.8 Å². The van der Waals surface area contributed by atoms with Crippen LogP contribution in [0, 0.1) is 5.92 Å². The molecule has 17 heavy (non-hydrogen) atoms. The fourth-order valence-corrected chi connectivity index (χ4v) is 2.26. The molecule has 0 amide bonds. The van der Waals surface area contributed by atoms with Gasteiger partial charge in [0.15, 0.2) is 0 Å². The molecule has 0 aromatic heterocycles. The highest BCUT2D eigenvalue weighted by molar-refractivity contribution is 6.30. The largest absolute Gasteiger partial charge is 0.327 e. The zero-order valence-corrected chi connectivity index (χ0v) is 10.9. The quantitative estimate of drug-likeness (QED) is 0.862. The first-order chi connectivity index (χ1) is 10.3. The molecular weight excluding hydrogens is 230 g/mol. The van der Waals surface area contributed by atoms with Crippen molar-refractivity contribution in [3.63, 3.8) is 0 Å². The fourth-order valence-electron chi connectivity index (χ4n) is 2.14. The monoisotopic (exact) mass is 257 g/mol. The van der Waals surface area contributed by atoms with Gasteiger partial charge in [0.1, 0.15) is 0 Å². The minimum absolute atomic E-state index is 0.132. The summed E-state index contributed by atoms with van der Waals surface area (Å²) in [6.07, 6.45) is -7.12. The predicted octanol–water partition coefficient (Wildman–Crippen LogP) is 4.14. The molecule has 0 radical (unpaired) electrons. The summed E-state index contributed by atoms with van der Waals surface area (Å²) in [7, 11) is 0. The maximum Gasteiger partial charge on any atom is 0.0406 e. The Morgan fingerprint density at radius 1 is 1.35 bits per heavy atom. The molecule has 1 aliphatic carbocycles. The van der Waals surface area contributed by atoms with E-state index >= 15 is 0 Å². The van der Waals surface area contributed by atoms with Crippen LogP contribution in [0.2, 0.25) is 5.02 Å². The van der Waals surface area contributed by atoms with Crippen molar-refractivity contribution in [3.8, 4) is 0 Å². The van der Waals surface area contributed by atoms with Crippen LogP contribution >= 0.6 is 11.6 Å². The molecule has 2 heteroatoms. The number of nitrogens with two attached hydrogens (primary N) is 1. The summed E-state index contributed by atoms with van der Waals surface area (Å²) >= 11 is 5.89. The minimum Gasteiger partial charge on any atom is -0.327 e. The van der Waals surface area contributed by atoms with E-state index in [-0.39, 0.29) is 5.92 Å². The third kappa shape index (κ3) is 2.51. The molecule has 94 valence electrons. The third-order valence-electron chi connectivity index (χ3n) is 3.10. The van der Waals surface area contributed by atoms with Crippen molar-refractivity contribution < 1.29 is 8.22 Å². The van der Waals surface area contributed by atoms with E-state index in [9.17, 15) is 0 Å². The van der Waals surface area contributed by atoms with Crippen LogP contribution in [-0.4, -0.2) is 6.04 Å². The first-order valence-corrected chi connectivity index (χ1v) is 6.23. The van der Waals surface area contributed by atoms with Gasteiger partial charge in [-0.1, -0.05) is 44.0 Å². The number of halogens is 1. The van der Waals surface area contributed by atoms with E-state index in [0.29, 0.717) is 17.0 Å². The summed E-state index contributed by atoms with van der Waals surface area (Å²) in [6.45, 7) is 3.85. The average molecular weight is 258 g/mol. The Balaban J connectivity index is 2.69. The van der Waals surface area contributed by atoms with E-state index in [0.717, 1.165) is 0 Å². The minimum atomic E-state index is -2.63. The van der Waals surface area contributed by atoms with Crippen LogP contribution in [-0.2, 0) is 5.41 Å². The molecule has 1 unspecified atom stereocenters. The van der Waals surface area contributed by atoms with Crippen LogP contribution in [0.1, 0.15) is 53.2 Å². The van der Waals surface area contributed by atoms with E-state index in [1.807, 2.05) is 13.8 Å². The van der Waals surface area contributed by atoms with Gasteiger partial charge in [-0.05, 0) is 42.8 Å². The molecule has 1 atom stereocenters. The van der Waals surface area contributed by atoms with Crippen molar-refractivity contribution in [2.75, 3.05) is 0 Å². The Bertz CT molecular complexity index is 566. The van der Waals surface area contributed by atoms with Crippen LogP contribution in [0.25, 0.3) is 0 Å². The highest BCUT2D eigenvalue weighted by Gasteiger charge is 2.43. The first kappa shape index (κ1) is 7.16. The summed E-state index contributed by atoms with van der Waals surface area (Å²) in [4.78, 5) is 0. The Kier molecular flexibility index (Phi) is 2.10. The lowest BCUT2D eigenvalue weighted by Crippen LogP contribution is -2.50. The summed E-state index contributed by atoms with van der Waals surface area (Å²) in [6, 6.07) is 5.35. The maximum absolute atomic E-state index is 8.34. The lowest BCUT2D eigenvalue weighted by molar-refractivity contribution is 0.178. The van der Waals surface area contributed by atoms with Gasteiger partial charge in [-0.2, -0.15) is 0 Å². The Morgan fingerprint density at radius 2 is 1.94 bits per heavy atom. The number of benzene rings is 1. The molecule has 0 spiro atoms. The number of hydrogen-bond acceptors (Lipinski definition) is 1. The second-order valence-corrected chi connectivity index (χ2v) is 5.36. The first-order valence-electron chi connectivity index (χ1n) is 8.85. The highest BCUT2D eigenvalue weighted by Crippen LogP contribution is 2.47. The van der Waals surface area contributed by atoms with Crippen LogP contribution in [0.15, 0.2) is 24.3 Å². The van der Waals surface area contributed by atoms with Crippen molar-refractivity contribution in [1.29, 1.82) is 0 Å². The molecule has 1 fully saturated rings. The standard InChI is InChI=1S/C15H22ClN/c1-11(2)10-14(17)15(8-3-9-15)12-4-6-13(16)7-5-12/h4-7,11,14H,3,8-10,17H2,1-2H3/i3D2,8D2,9D2. The summed E-state index contributed by atoms with van der Waals surface area (Å²) in [5, 5.41) is 0.449. The predicted molar refractivity (Wildman–Crippen MR) is 74.4 cm³/mol. The van der Waals surface area contributed by atoms with Gasteiger partial charge in [0.05, 0.1) is 0 Å². The Hall–Kier alpha value is -0.530. The van der Waals surface area contributed by atoms with Gasteiger partial charge in [0.2, 0.25) is 0 Å². The summed E-state index contributed by atoms with van der Waals surface area (Å²) in [5.41, 5.74) is 4.86. The molecule has 1 aromatic carbocycles. The molecule has 0 bridgehead atoms. The van der Waals surface area contributed by atoms with Crippen LogP contribution in [0.3, 0.4) is 0 Å². The average Bonchev–Trinajstić information content (AvgIpc) is 2.39. The van der Waals surface area contributed by atoms with Gasteiger partial charge in [-0.25, -0.2) is 0 Å². The van der Waals surface area contributed by atoms with E-state index in [2.05, 4.69) is 0 Å². The molecule has 2 rings (SSSR count). The molecule has 1 saturated carbocycles. The Morgan fingerprint density at radius 3 is 2.47 bits per heavy atom. The van der Waals surface area contributed by atoms with Crippen molar-refractivity contribution in [2.24, 2.45) is 11.7 Å². The molecule has 1 nitrogen and oxygen atoms in total. The smallest absolute Gasteiger partial charge is 0.0406 e. The molecule has 0 heterocycles. The van der Waals surface area contributed by atoms with Crippen LogP contribution in [0.5, 0.6) is 0 Å². The lowest BCUT2D eigenvalue weighted by atomic mass is 9.59. The van der Waals surface area contributed by atoms with Gasteiger partial charge in [-0.3, -0.25) is 0 Å². The molecule has 1 aliphatic rings. The number of hydrogen-bond donors (Lipinski definition) is 1. The molecule has 0 saturated heterocycles. The molecular formula is C15H22ClN. The topological polar surface area (TPSA) is 26.0 Å². The lowest BCUT2D eigenvalue weighted by Gasteiger charge is -2.47. The fraction of sp³-hybridized carbons (Fsp3) is 0.600. The van der Waals surface area contributed by atoms with Gasteiger partial charge in [0, 0.05) is 24.7 Å². The van der Waals surface area contributed by atoms with Crippen molar-refractivity contribution >= 4 is 11.6 Å². The third-order valence-corrected chi connectivity index (χ3v) is 3.35. The molecule has 1 aromatic rings. The van der Waals surface area contributed by atoms with E-state index < -0.39 is 30.6 Å². The van der Waals surface area contributed by atoms with Gasteiger partial charge in [0.25, 0.3) is 0 Å². The van der Waals surface area contributed by atoms with Crippen molar-refractivity contribution in [1.82, 2.24) is 0 Å². The zero-order valence-electron chi connectivity index (χ0n) is 16.1. The second-order valence-electron chi connectivity index (χ2n) is 4.93. The zero-order chi connectivity index (χ0) is 17.8. The van der Waals surface area contributed by atoms with Crippen molar-refractivity contribution in [3.05, 3.63) is 34.9 Å². The van der Waals surface area contributed by atoms with Crippen LogP contribution in [0.4, 0.5) is 0 Å². The van der Waals surface area contributed by atoms with E-state index in [1.54, 1.807) is 24.3 Å². The van der Waals surface area contributed by atoms with Crippen LogP contribution < -0.4 is 5.73 Å². The van der Waals surface area contributed by atoms with Gasteiger partial charge >= 0.3 is 0 Å². The van der Waals surface area contributed by atoms with Gasteiger partial charge < -0.3 is 5.73 Å². The van der Waals surface area contributed by atoms with E-state index in [4.69, 9.17) is 25.6 Å². The molecule has 0 aliphatic heterocycles. The summed E-state index contributed by atoms with van der Waals surface area (Å²) < 4.78 is 49.2. The maximum atomic E-state index is 8.34. The normalized spacial score (nSPS) is 34.2. The Labute approximate surface area is 118 Å². The summed E-state index contributed by atoms with van der Waals surface area (Å²) in [5.74, 6) is 0.132. The second kappa shape index (κ2) is 4.99.